The molecule has 0 atom stereocenters. The van der Waals surface area contributed by atoms with Gasteiger partial charge in [-0.1, -0.05) is 16.4 Å². The summed E-state index contributed by atoms with van der Waals surface area (Å²) in [5.74, 6) is 2.11. The van der Waals surface area contributed by atoms with E-state index in [0.717, 1.165) is 4.88 Å². The zero-order valence-electron chi connectivity index (χ0n) is 15.8. The van der Waals surface area contributed by atoms with E-state index in [1.165, 1.54) is 4.57 Å². The Balaban J connectivity index is 1.48. The summed E-state index contributed by atoms with van der Waals surface area (Å²) < 4.78 is 22.2. The second kappa shape index (κ2) is 8.31. The topological polar surface area (TPSA) is 105 Å². The molecule has 0 radical (unpaired) electrons. The quantitative estimate of drug-likeness (QED) is 0.433. The van der Waals surface area contributed by atoms with E-state index < -0.39 is 5.76 Å². The lowest BCUT2D eigenvalue weighted by Gasteiger charge is -2.09. The Hall–Kier alpha value is -3.40. The first-order valence-corrected chi connectivity index (χ1v) is 9.73. The number of benzene rings is 1. The number of rotatable bonds is 8. The molecule has 9 nitrogen and oxygen atoms in total. The molecule has 10 heteroatoms. The molecular weight excluding hydrogens is 396 g/mol. The van der Waals surface area contributed by atoms with Crippen LogP contribution in [0, 0.1) is 0 Å². The fourth-order valence-corrected chi connectivity index (χ4v) is 3.55. The Morgan fingerprint density at radius 2 is 1.97 bits per heavy atom. The molecule has 0 saturated heterocycles. The zero-order chi connectivity index (χ0) is 20.2. The molecule has 0 aliphatic carbocycles. The Bertz CT molecular complexity index is 1150. The zero-order valence-corrected chi connectivity index (χ0v) is 16.6. The molecule has 0 amide bonds. The van der Waals surface area contributed by atoms with Gasteiger partial charge in [0.25, 0.3) is 0 Å². The molecule has 1 aromatic carbocycles. The average molecular weight is 414 g/mol. The first-order chi connectivity index (χ1) is 14.2. The van der Waals surface area contributed by atoms with Crippen molar-refractivity contribution in [2.75, 3.05) is 14.2 Å². The highest BCUT2D eigenvalue weighted by atomic mass is 32.1. The molecule has 4 aromatic rings. The van der Waals surface area contributed by atoms with Crippen molar-refractivity contribution in [2.45, 2.75) is 19.4 Å². The maximum atomic E-state index is 12.1. The fourth-order valence-electron chi connectivity index (χ4n) is 2.90. The molecule has 150 valence electrons. The van der Waals surface area contributed by atoms with Crippen LogP contribution in [-0.4, -0.2) is 34.1 Å². The number of ether oxygens (including phenoxy) is 2. The van der Waals surface area contributed by atoms with Crippen molar-refractivity contribution in [2.24, 2.45) is 0 Å². The number of aromatic nitrogens is 4. The molecule has 0 aliphatic heterocycles. The second-order valence-corrected chi connectivity index (χ2v) is 7.03. The van der Waals surface area contributed by atoms with Crippen molar-refractivity contribution in [1.29, 1.82) is 0 Å². The molecule has 4 rings (SSSR count). The predicted octanol–water partition coefficient (Wildman–Crippen LogP) is 3.26. The minimum Gasteiger partial charge on any atom is -0.493 e. The van der Waals surface area contributed by atoms with Crippen molar-refractivity contribution in [3.8, 4) is 33.6 Å². The molecule has 0 aliphatic rings. The van der Waals surface area contributed by atoms with Crippen LogP contribution < -0.4 is 15.2 Å². The average Bonchev–Trinajstić information content (AvgIpc) is 3.49. The van der Waals surface area contributed by atoms with Crippen LogP contribution in [0.4, 0.5) is 0 Å². The number of methoxy groups -OCH3 is 2. The van der Waals surface area contributed by atoms with Crippen LogP contribution in [-0.2, 0) is 13.0 Å². The van der Waals surface area contributed by atoms with Gasteiger partial charge < -0.3 is 14.0 Å². The summed E-state index contributed by atoms with van der Waals surface area (Å²) in [6, 6.07) is 9.16. The van der Waals surface area contributed by atoms with E-state index in [-0.39, 0.29) is 0 Å². The smallest absolute Gasteiger partial charge is 0.441 e. The Morgan fingerprint density at radius 1 is 1.10 bits per heavy atom. The first-order valence-electron chi connectivity index (χ1n) is 8.85. The SMILES string of the molecule is COc1ccc(-c2noc(=O)n2CCCc2nc(-c3cccs3)no2)cc1OC. The predicted molar refractivity (Wildman–Crippen MR) is 105 cm³/mol. The van der Waals surface area contributed by atoms with Crippen LogP contribution in [0.2, 0.25) is 0 Å². The third-order valence-electron chi connectivity index (χ3n) is 4.31. The Morgan fingerprint density at radius 3 is 2.72 bits per heavy atom. The van der Waals surface area contributed by atoms with Crippen LogP contribution in [0.3, 0.4) is 0 Å². The van der Waals surface area contributed by atoms with Gasteiger partial charge in [-0.3, -0.25) is 9.09 Å². The third-order valence-corrected chi connectivity index (χ3v) is 5.18. The lowest BCUT2D eigenvalue weighted by Crippen LogP contribution is -2.16. The fraction of sp³-hybridized carbons (Fsp3) is 0.263. The van der Waals surface area contributed by atoms with Gasteiger partial charge in [0.2, 0.25) is 11.7 Å². The van der Waals surface area contributed by atoms with E-state index >= 15 is 0 Å². The highest BCUT2D eigenvalue weighted by Gasteiger charge is 2.16. The standard InChI is InChI=1S/C19H18N4O5S/c1-25-13-8-7-12(11-14(13)26-2)18-22-28-19(24)23(18)9-3-6-16-20-17(21-27-16)15-5-4-10-29-15/h4-5,7-8,10-11H,3,6,9H2,1-2H3. The van der Waals surface area contributed by atoms with Gasteiger partial charge in [0.05, 0.1) is 19.1 Å². The number of thiophene rings is 1. The summed E-state index contributed by atoms with van der Waals surface area (Å²) in [5, 5.41) is 9.86. The Kier molecular flexibility index (Phi) is 5.43. The summed E-state index contributed by atoms with van der Waals surface area (Å²) in [6.45, 7) is 0.392. The first kappa shape index (κ1) is 18.9. The highest BCUT2D eigenvalue weighted by molar-refractivity contribution is 7.13. The van der Waals surface area contributed by atoms with E-state index in [1.807, 2.05) is 17.5 Å². The van der Waals surface area contributed by atoms with E-state index in [0.29, 0.717) is 54.0 Å². The van der Waals surface area contributed by atoms with Gasteiger partial charge in [0.1, 0.15) is 0 Å². The highest BCUT2D eigenvalue weighted by Crippen LogP contribution is 2.31. The summed E-state index contributed by atoms with van der Waals surface area (Å²) >= 11 is 1.55. The van der Waals surface area contributed by atoms with E-state index in [2.05, 4.69) is 15.3 Å². The monoisotopic (exact) mass is 414 g/mol. The van der Waals surface area contributed by atoms with Crippen molar-refractivity contribution in [1.82, 2.24) is 19.9 Å². The van der Waals surface area contributed by atoms with Crippen LogP contribution in [0.15, 0.2) is 49.6 Å². The molecule has 0 spiro atoms. The van der Waals surface area contributed by atoms with E-state index in [1.54, 1.807) is 43.8 Å². The molecule has 3 aromatic heterocycles. The maximum Gasteiger partial charge on any atom is 0.441 e. The van der Waals surface area contributed by atoms with Crippen LogP contribution in [0.25, 0.3) is 22.1 Å². The lowest BCUT2D eigenvalue weighted by molar-refractivity contribution is 0.355. The summed E-state index contributed by atoms with van der Waals surface area (Å²) in [4.78, 5) is 17.5. The van der Waals surface area contributed by atoms with Gasteiger partial charge in [-0.25, -0.2) is 4.79 Å². The number of hydrogen-bond donors (Lipinski definition) is 0. The van der Waals surface area contributed by atoms with Crippen LogP contribution in [0.1, 0.15) is 12.3 Å². The molecule has 0 N–H and O–H groups in total. The van der Waals surface area contributed by atoms with Gasteiger partial charge >= 0.3 is 5.76 Å². The summed E-state index contributed by atoms with van der Waals surface area (Å²) in [6.07, 6.45) is 1.13. The number of hydrogen-bond acceptors (Lipinski definition) is 9. The minimum atomic E-state index is -0.528. The lowest BCUT2D eigenvalue weighted by atomic mass is 10.2. The Labute approximate surface area is 169 Å². The van der Waals surface area contributed by atoms with Gasteiger partial charge in [0.15, 0.2) is 17.3 Å². The van der Waals surface area contributed by atoms with Crippen molar-refractivity contribution < 1.29 is 18.5 Å². The van der Waals surface area contributed by atoms with E-state index in [4.69, 9.17) is 18.5 Å². The molecule has 0 saturated carbocycles. The van der Waals surface area contributed by atoms with Gasteiger partial charge in [-0.2, -0.15) is 4.98 Å². The normalized spacial score (nSPS) is 11.0. The molecular formula is C19H18N4O5S. The summed E-state index contributed by atoms with van der Waals surface area (Å²) in [7, 11) is 3.11. The van der Waals surface area contributed by atoms with Crippen molar-refractivity contribution in [3.63, 3.8) is 0 Å². The van der Waals surface area contributed by atoms with Gasteiger partial charge in [0, 0.05) is 18.5 Å². The molecule has 0 unspecified atom stereocenters. The van der Waals surface area contributed by atoms with Crippen LogP contribution >= 0.6 is 11.3 Å². The van der Waals surface area contributed by atoms with Gasteiger partial charge in [-0.05, 0) is 36.1 Å². The minimum absolute atomic E-state index is 0.392. The molecule has 0 bridgehead atoms. The van der Waals surface area contributed by atoms with Crippen molar-refractivity contribution in [3.05, 3.63) is 52.2 Å². The number of aryl methyl sites for hydroxylation is 1. The summed E-state index contributed by atoms with van der Waals surface area (Å²) in [5.41, 5.74) is 0.686. The molecule has 3 heterocycles. The van der Waals surface area contributed by atoms with Crippen LogP contribution in [0.5, 0.6) is 11.5 Å². The van der Waals surface area contributed by atoms with Gasteiger partial charge in [-0.15, -0.1) is 11.3 Å². The molecule has 0 fully saturated rings. The number of nitrogens with zero attached hydrogens (tertiary/aromatic N) is 4. The third kappa shape index (κ3) is 3.92. The van der Waals surface area contributed by atoms with Crippen molar-refractivity contribution >= 4 is 11.3 Å². The largest absolute Gasteiger partial charge is 0.493 e. The maximum absolute atomic E-state index is 12.1. The van der Waals surface area contributed by atoms with E-state index in [9.17, 15) is 4.79 Å². The second-order valence-electron chi connectivity index (χ2n) is 6.09. The molecule has 29 heavy (non-hydrogen) atoms.